The Kier molecular flexibility index (Phi) is 6.63. The molecule has 1 aliphatic heterocycles. The predicted octanol–water partition coefficient (Wildman–Crippen LogP) is 1.88. The van der Waals surface area contributed by atoms with Gasteiger partial charge in [0.2, 0.25) is 15.9 Å². The molecule has 0 saturated carbocycles. The summed E-state index contributed by atoms with van der Waals surface area (Å²) in [7, 11) is -3.46. The number of piperidine rings is 1. The quantitative estimate of drug-likeness (QED) is 0.698. The van der Waals surface area contributed by atoms with Crippen LogP contribution in [0.3, 0.4) is 0 Å². The summed E-state index contributed by atoms with van der Waals surface area (Å²) in [5, 5.41) is 2.99. The molecule has 1 amide bonds. The lowest BCUT2D eigenvalue weighted by atomic mass is 9.97. The highest BCUT2D eigenvalue weighted by Crippen LogP contribution is 2.23. The molecule has 0 aliphatic carbocycles. The number of nitrogens with one attached hydrogen (secondary N) is 1. The van der Waals surface area contributed by atoms with Gasteiger partial charge in [-0.1, -0.05) is 18.2 Å². The Labute approximate surface area is 160 Å². The van der Waals surface area contributed by atoms with E-state index in [2.05, 4.69) is 10.3 Å². The molecule has 1 N–H and O–H groups in total. The van der Waals surface area contributed by atoms with Crippen LogP contribution in [0.5, 0.6) is 0 Å². The van der Waals surface area contributed by atoms with Gasteiger partial charge in [0.1, 0.15) is 0 Å². The van der Waals surface area contributed by atoms with Gasteiger partial charge in [-0.25, -0.2) is 13.4 Å². The zero-order valence-corrected chi connectivity index (χ0v) is 16.1. The van der Waals surface area contributed by atoms with Crippen molar-refractivity contribution in [2.45, 2.75) is 37.1 Å². The Hall–Kier alpha value is -2.19. The van der Waals surface area contributed by atoms with Gasteiger partial charge < -0.3 is 9.88 Å². The predicted molar refractivity (Wildman–Crippen MR) is 102 cm³/mol. The summed E-state index contributed by atoms with van der Waals surface area (Å²) in [5.41, 5.74) is 0. The molecule has 146 valence electrons. The molecule has 1 saturated heterocycles. The van der Waals surface area contributed by atoms with Crippen molar-refractivity contribution in [3.05, 3.63) is 49.1 Å². The third-order valence-electron chi connectivity index (χ3n) is 4.91. The lowest BCUT2D eigenvalue weighted by Crippen LogP contribution is -2.43. The summed E-state index contributed by atoms with van der Waals surface area (Å²) in [6.07, 6.45) is 8.48. The summed E-state index contributed by atoms with van der Waals surface area (Å²) in [4.78, 5) is 16.6. The van der Waals surface area contributed by atoms with Crippen LogP contribution in [-0.2, 0) is 21.4 Å². The van der Waals surface area contributed by atoms with Gasteiger partial charge >= 0.3 is 0 Å². The van der Waals surface area contributed by atoms with E-state index in [1.165, 1.54) is 4.31 Å². The number of carbonyl (C=O) groups is 1. The van der Waals surface area contributed by atoms with Crippen LogP contribution in [0, 0.1) is 5.92 Å². The Morgan fingerprint density at radius 3 is 2.56 bits per heavy atom. The van der Waals surface area contributed by atoms with Gasteiger partial charge in [0.05, 0.1) is 11.2 Å². The second kappa shape index (κ2) is 9.14. The first-order chi connectivity index (χ1) is 13.1. The smallest absolute Gasteiger partial charge is 0.243 e. The fourth-order valence-electron chi connectivity index (χ4n) is 3.29. The number of nitrogens with zero attached hydrogens (tertiary/aromatic N) is 3. The van der Waals surface area contributed by atoms with E-state index >= 15 is 0 Å². The number of aryl methyl sites for hydroxylation is 1. The monoisotopic (exact) mass is 390 g/mol. The molecule has 27 heavy (non-hydrogen) atoms. The van der Waals surface area contributed by atoms with Gasteiger partial charge in [-0.2, -0.15) is 4.31 Å². The van der Waals surface area contributed by atoms with Crippen molar-refractivity contribution in [2.75, 3.05) is 19.6 Å². The first-order valence-corrected chi connectivity index (χ1v) is 10.8. The van der Waals surface area contributed by atoms with E-state index in [1.54, 1.807) is 42.9 Å². The molecule has 1 aromatic heterocycles. The number of sulfonamides is 1. The highest BCUT2D eigenvalue weighted by molar-refractivity contribution is 7.89. The van der Waals surface area contributed by atoms with Crippen molar-refractivity contribution in [2.24, 2.45) is 5.92 Å². The van der Waals surface area contributed by atoms with Crippen LogP contribution in [0.2, 0.25) is 0 Å². The van der Waals surface area contributed by atoms with Crippen LogP contribution in [-0.4, -0.2) is 47.8 Å². The Balaban J connectivity index is 1.39. The number of hydrogen-bond donors (Lipinski definition) is 1. The molecule has 0 bridgehead atoms. The molecule has 0 atom stereocenters. The molecule has 2 aromatic rings. The highest BCUT2D eigenvalue weighted by atomic mass is 32.2. The Morgan fingerprint density at radius 1 is 1.15 bits per heavy atom. The van der Waals surface area contributed by atoms with Crippen molar-refractivity contribution >= 4 is 15.9 Å². The summed E-state index contributed by atoms with van der Waals surface area (Å²) in [6, 6.07) is 8.46. The van der Waals surface area contributed by atoms with Crippen LogP contribution in [0.1, 0.15) is 25.7 Å². The second-order valence-electron chi connectivity index (χ2n) is 6.79. The maximum absolute atomic E-state index is 12.6. The van der Waals surface area contributed by atoms with Crippen molar-refractivity contribution in [1.29, 1.82) is 0 Å². The Morgan fingerprint density at radius 2 is 1.89 bits per heavy atom. The van der Waals surface area contributed by atoms with E-state index in [4.69, 9.17) is 0 Å². The normalized spacial score (nSPS) is 16.3. The second-order valence-corrected chi connectivity index (χ2v) is 8.73. The Bertz CT molecular complexity index is 814. The minimum Gasteiger partial charge on any atom is -0.356 e. The molecular weight excluding hydrogens is 364 g/mol. The van der Waals surface area contributed by atoms with Crippen molar-refractivity contribution < 1.29 is 13.2 Å². The van der Waals surface area contributed by atoms with Gasteiger partial charge in [-0.15, -0.1) is 0 Å². The highest BCUT2D eigenvalue weighted by Gasteiger charge is 2.31. The zero-order valence-electron chi connectivity index (χ0n) is 15.3. The summed E-state index contributed by atoms with van der Waals surface area (Å²) < 4.78 is 28.8. The maximum atomic E-state index is 12.6. The summed E-state index contributed by atoms with van der Waals surface area (Å²) >= 11 is 0. The number of hydrogen-bond acceptors (Lipinski definition) is 4. The van der Waals surface area contributed by atoms with Crippen LogP contribution < -0.4 is 5.32 Å². The van der Waals surface area contributed by atoms with E-state index in [9.17, 15) is 13.2 Å². The van der Waals surface area contributed by atoms with Gasteiger partial charge in [0.25, 0.3) is 0 Å². The number of rotatable bonds is 8. The molecular formula is C19H26N4O3S. The minimum absolute atomic E-state index is 0.0365. The molecule has 7 nitrogen and oxygen atoms in total. The molecule has 0 radical (unpaired) electrons. The van der Waals surface area contributed by atoms with Crippen LogP contribution in [0.15, 0.2) is 53.9 Å². The first kappa shape index (κ1) is 19.6. The van der Waals surface area contributed by atoms with Crippen LogP contribution >= 0.6 is 0 Å². The largest absolute Gasteiger partial charge is 0.356 e. The van der Waals surface area contributed by atoms with Crippen LogP contribution in [0.4, 0.5) is 0 Å². The average molecular weight is 391 g/mol. The fraction of sp³-hybridized carbons (Fsp3) is 0.474. The molecule has 1 aromatic carbocycles. The third-order valence-corrected chi connectivity index (χ3v) is 6.82. The lowest BCUT2D eigenvalue weighted by molar-refractivity contribution is -0.126. The number of unbranched alkanes of at least 4 members (excludes halogenated alkanes) is 1. The lowest BCUT2D eigenvalue weighted by Gasteiger charge is -2.30. The van der Waals surface area contributed by atoms with Gasteiger partial charge in [0.15, 0.2) is 0 Å². The van der Waals surface area contributed by atoms with E-state index in [-0.39, 0.29) is 11.8 Å². The van der Waals surface area contributed by atoms with E-state index in [1.807, 2.05) is 10.8 Å². The SMILES string of the molecule is O=C(NCCCCn1ccnc1)C1CCN(S(=O)(=O)c2ccccc2)CC1. The molecule has 2 heterocycles. The first-order valence-electron chi connectivity index (χ1n) is 9.36. The number of carbonyl (C=O) groups excluding carboxylic acids is 1. The van der Waals surface area contributed by atoms with Crippen LogP contribution in [0.25, 0.3) is 0 Å². The maximum Gasteiger partial charge on any atom is 0.243 e. The van der Waals surface area contributed by atoms with Gasteiger partial charge in [-0.3, -0.25) is 4.79 Å². The van der Waals surface area contributed by atoms with E-state index in [0.29, 0.717) is 37.4 Å². The van der Waals surface area contributed by atoms with Gasteiger partial charge in [0, 0.05) is 44.5 Å². The average Bonchev–Trinajstić information content (AvgIpc) is 3.22. The van der Waals surface area contributed by atoms with E-state index in [0.717, 1.165) is 19.4 Å². The van der Waals surface area contributed by atoms with Crippen molar-refractivity contribution in [3.63, 3.8) is 0 Å². The number of aromatic nitrogens is 2. The number of amides is 1. The summed E-state index contributed by atoms with van der Waals surface area (Å²) in [6.45, 7) is 2.31. The molecule has 1 aliphatic rings. The van der Waals surface area contributed by atoms with Crippen molar-refractivity contribution in [3.8, 4) is 0 Å². The molecule has 3 rings (SSSR count). The van der Waals surface area contributed by atoms with Gasteiger partial charge in [-0.05, 0) is 37.8 Å². The molecule has 1 fully saturated rings. The zero-order chi connectivity index (χ0) is 19.1. The molecule has 0 unspecified atom stereocenters. The summed E-state index contributed by atoms with van der Waals surface area (Å²) in [5.74, 6) is -0.0738. The standard InChI is InChI=1S/C19H26N4O3S/c24-19(21-10-4-5-12-22-15-11-20-16-22)17-8-13-23(14-9-17)27(25,26)18-6-2-1-3-7-18/h1-3,6-7,11,15-17H,4-5,8-10,12-14H2,(H,21,24). The number of benzene rings is 1. The topological polar surface area (TPSA) is 84.3 Å². The fourth-order valence-corrected chi connectivity index (χ4v) is 4.78. The third kappa shape index (κ3) is 5.17. The number of imidazole rings is 1. The van der Waals surface area contributed by atoms with E-state index < -0.39 is 10.0 Å². The molecule has 0 spiro atoms. The molecule has 8 heteroatoms. The van der Waals surface area contributed by atoms with Crippen molar-refractivity contribution in [1.82, 2.24) is 19.2 Å². The minimum atomic E-state index is -3.46.